The van der Waals surface area contributed by atoms with Crippen molar-refractivity contribution in [3.8, 4) is 11.5 Å². The van der Waals surface area contributed by atoms with Crippen molar-refractivity contribution >= 4 is 19.7 Å². The van der Waals surface area contributed by atoms with Crippen LogP contribution in [-0.4, -0.2) is 21.2 Å². The Morgan fingerprint density at radius 3 is 2.27 bits per heavy atom. The van der Waals surface area contributed by atoms with Crippen molar-refractivity contribution in [1.82, 2.24) is 0 Å². The van der Waals surface area contributed by atoms with E-state index in [-0.39, 0.29) is 11.3 Å². The first-order valence-electron chi connectivity index (χ1n) is 6.50. The fourth-order valence-electron chi connectivity index (χ4n) is 1.78. The van der Waals surface area contributed by atoms with Crippen LogP contribution in [0.15, 0.2) is 6.07 Å². The number of ether oxygens (including phenoxy) is 1. The van der Waals surface area contributed by atoms with Crippen LogP contribution in [0, 0.1) is 18.4 Å². The van der Waals surface area contributed by atoms with Gasteiger partial charge in [0.25, 0.3) is 0 Å². The third-order valence-electron chi connectivity index (χ3n) is 2.83. The molecule has 0 bridgehead atoms. The first kappa shape index (κ1) is 18.1. The number of benzene rings is 1. The molecule has 0 aromatic heterocycles. The van der Waals surface area contributed by atoms with Gasteiger partial charge < -0.3 is 10.5 Å². The molecule has 1 aromatic carbocycles. The lowest BCUT2D eigenvalue weighted by Gasteiger charge is -2.17. The zero-order chi connectivity index (χ0) is 17.3. The molecular formula is C15H18F3NO2Si. The fourth-order valence-corrected chi connectivity index (χ4v) is 2.28. The van der Waals surface area contributed by atoms with E-state index < -0.39 is 31.3 Å². The summed E-state index contributed by atoms with van der Waals surface area (Å²) >= 11 is 0. The molecule has 22 heavy (non-hydrogen) atoms. The summed E-state index contributed by atoms with van der Waals surface area (Å²) in [5.74, 6) is 1.48. The third kappa shape index (κ3) is 4.04. The average molecular weight is 329 g/mol. The quantitative estimate of drug-likeness (QED) is 0.371. The van der Waals surface area contributed by atoms with Gasteiger partial charge >= 0.3 is 12.1 Å². The molecule has 7 heteroatoms. The topological polar surface area (TPSA) is 52.3 Å². The summed E-state index contributed by atoms with van der Waals surface area (Å²) < 4.78 is 44.7. The van der Waals surface area contributed by atoms with Gasteiger partial charge in [-0.15, -0.1) is 5.54 Å². The lowest BCUT2D eigenvalue weighted by Crippen LogP contribution is -2.20. The van der Waals surface area contributed by atoms with Crippen molar-refractivity contribution in [1.29, 1.82) is 0 Å². The van der Waals surface area contributed by atoms with Gasteiger partial charge in [-0.05, 0) is 18.6 Å². The highest BCUT2D eigenvalue weighted by molar-refractivity contribution is 6.83. The number of hydrogen-bond donors (Lipinski definition) is 1. The SMILES string of the molecule is COC(=O)c1cc(C)c(N)c(C#C[Si](C)(C)C)c1C(F)(F)F. The Bertz CT molecular complexity index is 665. The van der Waals surface area contributed by atoms with E-state index in [1.165, 1.54) is 6.92 Å². The molecule has 0 aliphatic carbocycles. The Balaban J connectivity index is 3.82. The number of nitrogens with two attached hydrogens (primary N) is 1. The molecule has 0 amide bonds. The van der Waals surface area contributed by atoms with Gasteiger partial charge in [0.2, 0.25) is 0 Å². The van der Waals surface area contributed by atoms with Gasteiger partial charge in [0, 0.05) is 0 Å². The zero-order valence-corrected chi connectivity index (χ0v) is 14.1. The summed E-state index contributed by atoms with van der Waals surface area (Å²) in [5.41, 5.74) is 6.88. The van der Waals surface area contributed by atoms with Crippen molar-refractivity contribution < 1.29 is 22.7 Å². The second-order valence-corrected chi connectivity index (χ2v) is 10.6. The number of halogens is 3. The van der Waals surface area contributed by atoms with Crippen molar-refractivity contribution in [3.63, 3.8) is 0 Å². The van der Waals surface area contributed by atoms with Crippen LogP contribution in [0.5, 0.6) is 0 Å². The van der Waals surface area contributed by atoms with E-state index in [1.807, 2.05) is 19.6 Å². The van der Waals surface area contributed by atoms with Crippen LogP contribution in [0.3, 0.4) is 0 Å². The van der Waals surface area contributed by atoms with Crippen LogP contribution in [0.25, 0.3) is 0 Å². The van der Waals surface area contributed by atoms with Crippen LogP contribution in [0.1, 0.15) is 27.0 Å². The molecule has 0 saturated heterocycles. The van der Waals surface area contributed by atoms with E-state index in [0.29, 0.717) is 5.56 Å². The van der Waals surface area contributed by atoms with Crippen LogP contribution < -0.4 is 5.73 Å². The van der Waals surface area contributed by atoms with E-state index >= 15 is 0 Å². The van der Waals surface area contributed by atoms with Crippen LogP contribution in [-0.2, 0) is 10.9 Å². The first-order chi connectivity index (χ1) is 9.88. The van der Waals surface area contributed by atoms with Gasteiger partial charge in [-0.2, -0.15) is 13.2 Å². The molecule has 0 heterocycles. The molecule has 3 nitrogen and oxygen atoms in total. The van der Waals surface area contributed by atoms with Gasteiger partial charge in [0.05, 0.1) is 29.5 Å². The van der Waals surface area contributed by atoms with Gasteiger partial charge in [0.15, 0.2) is 0 Å². The maximum absolute atomic E-state index is 13.4. The number of esters is 1. The number of rotatable bonds is 1. The van der Waals surface area contributed by atoms with Crippen LogP contribution in [0.4, 0.5) is 18.9 Å². The molecule has 0 fully saturated rings. The summed E-state index contributed by atoms with van der Waals surface area (Å²) in [6.07, 6.45) is -4.76. The monoisotopic (exact) mass is 329 g/mol. The molecule has 0 radical (unpaired) electrons. The molecule has 0 unspecified atom stereocenters. The van der Waals surface area contributed by atoms with E-state index in [1.54, 1.807) is 0 Å². The van der Waals surface area contributed by atoms with E-state index in [9.17, 15) is 18.0 Å². The maximum Gasteiger partial charge on any atom is 0.418 e. The number of alkyl halides is 3. The molecule has 1 aromatic rings. The van der Waals surface area contributed by atoms with Crippen molar-refractivity contribution in [3.05, 3.63) is 28.3 Å². The fraction of sp³-hybridized carbons (Fsp3) is 0.400. The molecule has 0 aliphatic rings. The summed E-state index contributed by atoms with van der Waals surface area (Å²) in [5, 5.41) is 0. The smallest absolute Gasteiger partial charge is 0.418 e. The zero-order valence-electron chi connectivity index (χ0n) is 13.1. The highest BCUT2D eigenvalue weighted by Crippen LogP contribution is 2.38. The molecular weight excluding hydrogens is 311 g/mol. The molecule has 0 saturated carbocycles. The predicted octanol–water partition coefficient (Wildman–Crippen LogP) is 3.61. The summed E-state index contributed by atoms with van der Waals surface area (Å²) in [7, 11) is -0.886. The molecule has 0 spiro atoms. The molecule has 2 N–H and O–H groups in total. The first-order valence-corrected chi connectivity index (χ1v) is 10.00. The Kier molecular flexibility index (Phi) is 4.98. The van der Waals surface area contributed by atoms with Crippen LogP contribution in [0.2, 0.25) is 19.6 Å². The van der Waals surface area contributed by atoms with Gasteiger partial charge in [-0.25, -0.2) is 4.79 Å². The lowest BCUT2D eigenvalue weighted by molar-refractivity contribution is -0.138. The van der Waals surface area contributed by atoms with Crippen LogP contribution >= 0.6 is 0 Å². The Labute approximate surface area is 128 Å². The number of hydrogen-bond acceptors (Lipinski definition) is 3. The minimum absolute atomic E-state index is 0.0641. The molecule has 0 atom stereocenters. The number of methoxy groups -OCH3 is 1. The van der Waals surface area contributed by atoms with Crippen molar-refractivity contribution in [2.75, 3.05) is 12.8 Å². The maximum atomic E-state index is 13.4. The molecule has 0 aliphatic heterocycles. The number of carbonyl (C=O) groups is 1. The minimum Gasteiger partial charge on any atom is -0.465 e. The Hall–Kier alpha value is -1.94. The second kappa shape index (κ2) is 6.05. The largest absolute Gasteiger partial charge is 0.465 e. The Morgan fingerprint density at radius 2 is 1.86 bits per heavy atom. The highest BCUT2D eigenvalue weighted by Gasteiger charge is 2.39. The molecule has 120 valence electrons. The Morgan fingerprint density at radius 1 is 1.32 bits per heavy atom. The van der Waals surface area contributed by atoms with Crippen molar-refractivity contribution in [2.45, 2.75) is 32.7 Å². The minimum atomic E-state index is -4.76. The lowest BCUT2D eigenvalue weighted by atomic mass is 9.95. The molecule has 1 rings (SSSR count). The number of anilines is 1. The second-order valence-electron chi connectivity index (χ2n) is 5.89. The number of aryl methyl sites for hydroxylation is 1. The van der Waals surface area contributed by atoms with E-state index in [2.05, 4.69) is 16.2 Å². The van der Waals surface area contributed by atoms with E-state index in [4.69, 9.17) is 5.73 Å². The van der Waals surface area contributed by atoms with Gasteiger partial charge in [-0.1, -0.05) is 25.6 Å². The third-order valence-corrected chi connectivity index (χ3v) is 3.70. The van der Waals surface area contributed by atoms with Gasteiger partial charge in [0.1, 0.15) is 8.07 Å². The average Bonchev–Trinajstić information content (AvgIpc) is 2.36. The highest BCUT2D eigenvalue weighted by atomic mass is 28.3. The summed E-state index contributed by atoms with van der Waals surface area (Å²) in [6, 6.07) is 1.09. The van der Waals surface area contributed by atoms with E-state index in [0.717, 1.165) is 13.2 Å². The van der Waals surface area contributed by atoms with Crippen molar-refractivity contribution in [2.24, 2.45) is 0 Å². The number of carbonyl (C=O) groups excluding carboxylic acids is 1. The van der Waals surface area contributed by atoms with Gasteiger partial charge in [-0.3, -0.25) is 0 Å². The standard InChI is InChI=1S/C15H18F3NO2Si/c1-9-8-11(14(20)21-2)12(15(16,17)18)10(13(9)19)6-7-22(3,4)5/h8H,19H2,1-5H3. The summed E-state index contributed by atoms with van der Waals surface area (Å²) in [4.78, 5) is 11.7. The number of nitrogen functional groups attached to an aromatic ring is 1. The normalized spacial score (nSPS) is 11.6. The summed E-state index contributed by atoms with van der Waals surface area (Å²) in [6.45, 7) is 7.24. The predicted molar refractivity (Wildman–Crippen MR) is 82.2 cm³/mol.